The maximum atomic E-state index is 13.4. The summed E-state index contributed by atoms with van der Waals surface area (Å²) in [4.78, 5) is 17.2. The van der Waals surface area contributed by atoms with Gasteiger partial charge in [-0.2, -0.15) is 0 Å². The molecule has 0 aliphatic rings. The molecule has 0 saturated heterocycles. The summed E-state index contributed by atoms with van der Waals surface area (Å²) in [5.74, 6) is -0.542. The summed E-state index contributed by atoms with van der Waals surface area (Å²) in [6.45, 7) is 1.95. The van der Waals surface area contributed by atoms with E-state index in [2.05, 4.69) is 15.4 Å². The Kier molecular flexibility index (Phi) is 5.53. The fourth-order valence-electron chi connectivity index (χ4n) is 2.90. The van der Waals surface area contributed by atoms with Crippen LogP contribution in [0.1, 0.15) is 16.2 Å². The number of carbonyl (C=O) groups is 1. The second-order valence-corrected chi connectivity index (χ2v) is 7.44. The molecule has 0 fully saturated rings. The molecule has 8 heteroatoms. The Balaban J connectivity index is 1.76. The van der Waals surface area contributed by atoms with Gasteiger partial charge in [-0.05, 0) is 67.1 Å². The number of carbonyl (C=O) groups excluding carboxylic acids is 1. The van der Waals surface area contributed by atoms with Crippen molar-refractivity contribution in [3.05, 3.63) is 94.0 Å². The van der Waals surface area contributed by atoms with Gasteiger partial charge in [0.15, 0.2) is 5.82 Å². The average Bonchev–Trinajstić information content (AvgIpc) is 3.16. The highest BCUT2D eigenvalue weighted by molar-refractivity contribution is 6.36. The van der Waals surface area contributed by atoms with E-state index in [1.54, 1.807) is 28.9 Å². The summed E-state index contributed by atoms with van der Waals surface area (Å²) in [6, 6.07) is 18.2. The Hall–Kier alpha value is -3.22. The Morgan fingerprint density at radius 3 is 2.50 bits per heavy atom. The van der Waals surface area contributed by atoms with Crippen molar-refractivity contribution < 1.29 is 9.18 Å². The minimum absolute atomic E-state index is 0.0538. The lowest BCUT2D eigenvalue weighted by Gasteiger charge is -2.06. The summed E-state index contributed by atoms with van der Waals surface area (Å²) < 4.78 is 14.9. The maximum absolute atomic E-state index is 13.4. The standard InChI is InChI=1S/C22H15Cl2FN4O/c1-13-3-2-4-17(11-13)29-21(14-5-8-16(25)9-6-14)27-20(28-29)22(30)26-19-10-7-15(23)12-18(19)24/h2-12H,1H3,(H,26,30). The Labute approximate surface area is 182 Å². The first-order valence-electron chi connectivity index (χ1n) is 8.97. The van der Waals surface area contributed by atoms with E-state index in [0.29, 0.717) is 27.1 Å². The van der Waals surface area contributed by atoms with Gasteiger partial charge in [-0.1, -0.05) is 35.3 Å². The summed E-state index contributed by atoms with van der Waals surface area (Å²) in [7, 11) is 0. The molecule has 30 heavy (non-hydrogen) atoms. The Morgan fingerprint density at radius 2 is 1.80 bits per heavy atom. The number of nitrogens with zero attached hydrogens (tertiary/aromatic N) is 3. The van der Waals surface area contributed by atoms with Crippen LogP contribution in [0.25, 0.3) is 17.1 Å². The minimum Gasteiger partial charge on any atom is -0.318 e. The van der Waals surface area contributed by atoms with Crippen LogP contribution in [0, 0.1) is 12.7 Å². The first-order chi connectivity index (χ1) is 14.4. The summed E-state index contributed by atoms with van der Waals surface area (Å²) in [6.07, 6.45) is 0. The van der Waals surface area contributed by atoms with Gasteiger partial charge in [-0.25, -0.2) is 14.1 Å². The van der Waals surface area contributed by atoms with Crippen LogP contribution in [0.3, 0.4) is 0 Å². The molecule has 0 bridgehead atoms. The largest absolute Gasteiger partial charge is 0.318 e. The van der Waals surface area contributed by atoms with Gasteiger partial charge in [-0.15, -0.1) is 5.10 Å². The van der Waals surface area contributed by atoms with E-state index in [-0.39, 0.29) is 11.6 Å². The zero-order valence-corrected chi connectivity index (χ0v) is 17.2. The fourth-order valence-corrected chi connectivity index (χ4v) is 3.36. The molecular weight excluding hydrogens is 426 g/mol. The number of aryl methyl sites for hydroxylation is 1. The molecule has 4 rings (SSSR count). The summed E-state index contributed by atoms with van der Waals surface area (Å²) >= 11 is 12.0. The van der Waals surface area contributed by atoms with Crippen molar-refractivity contribution in [3.8, 4) is 17.1 Å². The highest BCUT2D eigenvalue weighted by Crippen LogP contribution is 2.26. The highest BCUT2D eigenvalue weighted by Gasteiger charge is 2.20. The number of nitrogens with one attached hydrogen (secondary N) is 1. The van der Waals surface area contributed by atoms with Crippen molar-refractivity contribution in [1.29, 1.82) is 0 Å². The number of anilines is 1. The van der Waals surface area contributed by atoms with Crippen LogP contribution in [-0.4, -0.2) is 20.7 Å². The number of hydrogen-bond acceptors (Lipinski definition) is 3. The lowest BCUT2D eigenvalue weighted by molar-refractivity contribution is 0.101. The molecule has 0 spiro atoms. The number of rotatable bonds is 4. The van der Waals surface area contributed by atoms with Gasteiger partial charge >= 0.3 is 0 Å². The Morgan fingerprint density at radius 1 is 1.03 bits per heavy atom. The predicted molar refractivity (Wildman–Crippen MR) is 116 cm³/mol. The zero-order valence-electron chi connectivity index (χ0n) is 15.7. The van der Waals surface area contributed by atoms with E-state index in [4.69, 9.17) is 23.2 Å². The first-order valence-corrected chi connectivity index (χ1v) is 9.73. The van der Waals surface area contributed by atoms with E-state index in [1.807, 2.05) is 31.2 Å². The van der Waals surface area contributed by atoms with E-state index >= 15 is 0 Å². The lowest BCUT2D eigenvalue weighted by Crippen LogP contribution is -2.14. The molecule has 3 aromatic carbocycles. The normalized spacial score (nSPS) is 10.8. The number of aromatic nitrogens is 3. The van der Waals surface area contributed by atoms with Gasteiger partial charge in [0.1, 0.15) is 5.82 Å². The van der Waals surface area contributed by atoms with E-state index < -0.39 is 5.91 Å². The molecule has 0 atom stereocenters. The van der Waals surface area contributed by atoms with Crippen LogP contribution >= 0.6 is 23.2 Å². The van der Waals surface area contributed by atoms with Crippen molar-refractivity contribution >= 4 is 34.8 Å². The quantitative estimate of drug-likeness (QED) is 0.426. The SMILES string of the molecule is Cc1cccc(-n2nc(C(=O)Nc3ccc(Cl)cc3Cl)nc2-c2ccc(F)cc2)c1. The third kappa shape index (κ3) is 4.20. The number of halogens is 3. The van der Waals surface area contributed by atoms with E-state index in [1.165, 1.54) is 18.2 Å². The van der Waals surface area contributed by atoms with E-state index in [9.17, 15) is 9.18 Å². The summed E-state index contributed by atoms with van der Waals surface area (Å²) in [5, 5.41) is 7.84. The molecule has 0 unspecified atom stereocenters. The molecular formula is C22H15Cl2FN4O. The molecule has 1 aromatic heterocycles. The molecule has 1 N–H and O–H groups in total. The van der Waals surface area contributed by atoms with Crippen molar-refractivity contribution in [3.63, 3.8) is 0 Å². The van der Waals surface area contributed by atoms with Crippen LogP contribution in [-0.2, 0) is 0 Å². The zero-order chi connectivity index (χ0) is 21.3. The van der Waals surface area contributed by atoms with Gasteiger partial charge in [0.2, 0.25) is 5.82 Å². The lowest BCUT2D eigenvalue weighted by atomic mass is 10.2. The molecule has 5 nitrogen and oxygen atoms in total. The molecule has 150 valence electrons. The topological polar surface area (TPSA) is 59.8 Å². The molecule has 0 aliphatic carbocycles. The van der Waals surface area contributed by atoms with Crippen LogP contribution in [0.15, 0.2) is 66.7 Å². The second-order valence-electron chi connectivity index (χ2n) is 6.60. The second kappa shape index (κ2) is 8.26. The predicted octanol–water partition coefficient (Wildman–Crippen LogP) is 5.94. The minimum atomic E-state index is -0.533. The third-order valence-electron chi connectivity index (χ3n) is 4.34. The van der Waals surface area contributed by atoms with Gasteiger partial charge in [0, 0.05) is 10.6 Å². The smallest absolute Gasteiger partial charge is 0.295 e. The Bertz CT molecular complexity index is 1240. The van der Waals surface area contributed by atoms with Crippen molar-refractivity contribution in [2.45, 2.75) is 6.92 Å². The van der Waals surface area contributed by atoms with Gasteiger partial charge in [-0.3, -0.25) is 4.79 Å². The molecule has 1 amide bonds. The van der Waals surface area contributed by atoms with E-state index in [0.717, 1.165) is 11.3 Å². The van der Waals surface area contributed by atoms with Crippen molar-refractivity contribution in [1.82, 2.24) is 14.8 Å². The van der Waals surface area contributed by atoms with Gasteiger partial charge < -0.3 is 5.32 Å². The molecule has 4 aromatic rings. The fraction of sp³-hybridized carbons (Fsp3) is 0.0455. The highest BCUT2D eigenvalue weighted by atomic mass is 35.5. The molecule has 0 radical (unpaired) electrons. The van der Waals surface area contributed by atoms with Crippen LogP contribution < -0.4 is 5.32 Å². The van der Waals surface area contributed by atoms with Gasteiger partial charge in [0.25, 0.3) is 5.91 Å². The number of benzene rings is 3. The summed E-state index contributed by atoms with van der Waals surface area (Å²) in [5.41, 5.74) is 2.76. The first kappa shape index (κ1) is 20.1. The third-order valence-corrected chi connectivity index (χ3v) is 4.89. The van der Waals surface area contributed by atoms with Crippen molar-refractivity contribution in [2.75, 3.05) is 5.32 Å². The van der Waals surface area contributed by atoms with Crippen molar-refractivity contribution in [2.24, 2.45) is 0 Å². The average molecular weight is 441 g/mol. The monoisotopic (exact) mass is 440 g/mol. The molecule has 1 heterocycles. The maximum Gasteiger partial charge on any atom is 0.295 e. The number of amides is 1. The van der Waals surface area contributed by atoms with Crippen LogP contribution in [0.5, 0.6) is 0 Å². The van der Waals surface area contributed by atoms with Gasteiger partial charge in [0.05, 0.1) is 16.4 Å². The van der Waals surface area contributed by atoms with Crippen LogP contribution in [0.4, 0.5) is 10.1 Å². The molecule has 0 aliphatic heterocycles. The number of hydrogen-bond donors (Lipinski definition) is 1. The molecule has 0 saturated carbocycles. The van der Waals surface area contributed by atoms with Crippen LogP contribution in [0.2, 0.25) is 10.0 Å².